The highest BCUT2D eigenvalue weighted by molar-refractivity contribution is 6.05. The second-order valence-electron chi connectivity index (χ2n) is 6.88. The summed E-state index contributed by atoms with van der Waals surface area (Å²) in [6.45, 7) is 2.00. The number of carbonyl (C=O) groups excluding carboxylic acids is 2. The van der Waals surface area contributed by atoms with Crippen LogP contribution in [0.3, 0.4) is 0 Å². The van der Waals surface area contributed by atoms with E-state index in [-0.39, 0.29) is 23.7 Å². The minimum Gasteiger partial charge on any atom is -0.376 e. The first-order chi connectivity index (χ1) is 14.7. The maximum atomic E-state index is 12.8. The van der Waals surface area contributed by atoms with Gasteiger partial charge in [-0.1, -0.05) is 29.8 Å². The Hall–Kier alpha value is -3.81. The largest absolute Gasteiger partial charge is 0.416 e. The number of halogens is 3. The molecule has 160 valence electrons. The lowest BCUT2D eigenvalue weighted by Crippen LogP contribution is -2.22. The van der Waals surface area contributed by atoms with Crippen molar-refractivity contribution < 1.29 is 22.8 Å². The van der Waals surface area contributed by atoms with Gasteiger partial charge in [-0.25, -0.2) is 0 Å². The summed E-state index contributed by atoms with van der Waals surface area (Å²) in [6, 6.07) is 18.1. The first-order valence-corrected chi connectivity index (χ1v) is 9.40. The summed E-state index contributed by atoms with van der Waals surface area (Å²) in [5.41, 5.74) is 1.67. The lowest BCUT2D eigenvalue weighted by Gasteiger charge is -2.11. The molecule has 2 amide bonds. The number of benzene rings is 3. The fraction of sp³-hybridized carbons (Fsp3) is 0.130. The number of hydrogen-bond acceptors (Lipinski definition) is 3. The van der Waals surface area contributed by atoms with Crippen LogP contribution in [0.4, 0.5) is 30.2 Å². The van der Waals surface area contributed by atoms with Crippen LogP contribution in [0.15, 0.2) is 72.8 Å². The van der Waals surface area contributed by atoms with E-state index < -0.39 is 17.6 Å². The van der Waals surface area contributed by atoms with Crippen molar-refractivity contribution in [1.82, 2.24) is 0 Å². The molecule has 0 heterocycles. The molecule has 3 aromatic carbocycles. The Bertz CT molecular complexity index is 1080. The van der Waals surface area contributed by atoms with Gasteiger partial charge >= 0.3 is 6.18 Å². The molecule has 0 bridgehead atoms. The molecule has 0 aliphatic heterocycles. The van der Waals surface area contributed by atoms with Gasteiger partial charge < -0.3 is 16.0 Å². The van der Waals surface area contributed by atoms with Crippen molar-refractivity contribution in [2.24, 2.45) is 0 Å². The van der Waals surface area contributed by atoms with E-state index in [4.69, 9.17) is 0 Å². The predicted octanol–water partition coefficient (Wildman–Crippen LogP) is 5.32. The molecular weight excluding hydrogens is 407 g/mol. The molecule has 0 aromatic heterocycles. The van der Waals surface area contributed by atoms with E-state index >= 15 is 0 Å². The molecule has 0 aliphatic carbocycles. The highest BCUT2D eigenvalue weighted by Gasteiger charge is 2.30. The number of hydrogen-bond donors (Lipinski definition) is 3. The van der Waals surface area contributed by atoms with Crippen molar-refractivity contribution in [3.05, 3.63) is 89.5 Å². The summed E-state index contributed by atoms with van der Waals surface area (Å²) in [5.74, 6) is -0.899. The summed E-state index contributed by atoms with van der Waals surface area (Å²) in [7, 11) is 0. The number of rotatable bonds is 6. The third kappa shape index (κ3) is 6.33. The average molecular weight is 427 g/mol. The Balaban J connectivity index is 1.61. The molecule has 3 aromatic rings. The van der Waals surface area contributed by atoms with Crippen LogP contribution >= 0.6 is 0 Å². The van der Waals surface area contributed by atoms with Crippen LogP contribution in [0.25, 0.3) is 0 Å². The number of anilines is 3. The molecule has 0 aliphatic rings. The van der Waals surface area contributed by atoms with Gasteiger partial charge in [0.1, 0.15) is 0 Å². The number of aryl methyl sites for hydroxylation is 1. The van der Waals surface area contributed by atoms with Crippen molar-refractivity contribution in [3.8, 4) is 0 Å². The van der Waals surface area contributed by atoms with Crippen LogP contribution in [-0.2, 0) is 11.0 Å². The zero-order chi connectivity index (χ0) is 22.4. The van der Waals surface area contributed by atoms with Crippen LogP contribution in [0, 0.1) is 6.92 Å². The van der Waals surface area contributed by atoms with E-state index in [2.05, 4.69) is 16.0 Å². The van der Waals surface area contributed by atoms with Crippen LogP contribution in [-0.4, -0.2) is 18.4 Å². The van der Waals surface area contributed by atoms with Crippen LogP contribution in [0.2, 0.25) is 0 Å². The van der Waals surface area contributed by atoms with Gasteiger partial charge in [-0.2, -0.15) is 13.2 Å². The average Bonchev–Trinajstić information content (AvgIpc) is 2.73. The molecular formula is C23H20F3N3O2. The fourth-order valence-electron chi connectivity index (χ4n) is 2.77. The number of amides is 2. The minimum absolute atomic E-state index is 0.0246. The lowest BCUT2D eigenvalue weighted by atomic mass is 10.1. The molecule has 3 rings (SSSR count). The standard InChI is InChI=1S/C23H20F3N3O2/c1-15-8-10-18(11-9-15)27-14-21(30)28-19-6-2-4-16(12-19)22(31)29-20-7-3-5-17(13-20)23(24,25)26/h2-13,27H,14H2,1H3,(H,28,30)(H,29,31). The summed E-state index contributed by atoms with van der Waals surface area (Å²) < 4.78 is 38.5. The zero-order valence-electron chi connectivity index (χ0n) is 16.6. The molecule has 0 saturated carbocycles. The highest BCUT2D eigenvalue weighted by atomic mass is 19.4. The lowest BCUT2D eigenvalue weighted by molar-refractivity contribution is -0.137. The Morgan fingerprint density at radius 1 is 0.806 bits per heavy atom. The predicted molar refractivity (Wildman–Crippen MR) is 114 cm³/mol. The maximum absolute atomic E-state index is 12.8. The van der Waals surface area contributed by atoms with Crippen molar-refractivity contribution in [2.45, 2.75) is 13.1 Å². The molecule has 0 fully saturated rings. The molecule has 8 heteroatoms. The van der Waals surface area contributed by atoms with Crippen LogP contribution in [0.5, 0.6) is 0 Å². The van der Waals surface area contributed by atoms with E-state index in [9.17, 15) is 22.8 Å². The van der Waals surface area contributed by atoms with E-state index in [0.29, 0.717) is 5.69 Å². The highest BCUT2D eigenvalue weighted by Crippen LogP contribution is 2.30. The van der Waals surface area contributed by atoms with Crippen molar-refractivity contribution in [2.75, 3.05) is 22.5 Å². The van der Waals surface area contributed by atoms with Gasteiger partial charge in [0, 0.05) is 22.6 Å². The Morgan fingerprint density at radius 2 is 1.45 bits per heavy atom. The topological polar surface area (TPSA) is 70.2 Å². The maximum Gasteiger partial charge on any atom is 0.416 e. The second kappa shape index (κ2) is 9.34. The van der Waals surface area contributed by atoms with Gasteiger partial charge in [0.25, 0.3) is 5.91 Å². The quantitative estimate of drug-likeness (QED) is 0.499. The van der Waals surface area contributed by atoms with Crippen molar-refractivity contribution in [3.63, 3.8) is 0 Å². The van der Waals surface area contributed by atoms with E-state index in [1.165, 1.54) is 24.3 Å². The Labute approximate surface area is 177 Å². The third-order valence-electron chi connectivity index (χ3n) is 4.36. The summed E-state index contributed by atoms with van der Waals surface area (Å²) in [5, 5.41) is 8.12. The van der Waals surface area contributed by atoms with Gasteiger partial charge in [0.2, 0.25) is 5.91 Å². The molecule has 5 nitrogen and oxygen atoms in total. The molecule has 0 saturated heterocycles. The second-order valence-corrected chi connectivity index (χ2v) is 6.88. The summed E-state index contributed by atoms with van der Waals surface area (Å²) in [6.07, 6.45) is -4.50. The number of carbonyl (C=O) groups is 2. The van der Waals surface area contributed by atoms with Crippen LogP contribution in [0.1, 0.15) is 21.5 Å². The van der Waals surface area contributed by atoms with Crippen LogP contribution < -0.4 is 16.0 Å². The molecule has 0 radical (unpaired) electrons. The molecule has 0 atom stereocenters. The SMILES string of the molecule is Cc1ccc(NCC(=O)Nc2cccc(C(=O)Nc3cccc(C(F)(F)F)c3)c2)cc1. The van der Waals surface area contributed by atoms with E-state index in [1.54, 1.807) is 12.1 Å². The smallest absolute Gasteiger partial charge is 0.376 e. The van der Waals surface area contributed by atoms with Gasteiger partial charge in [-0.15, -0.1) is 0 Å². The van der Waals surface area contributed by atoms with E-state index in [1.807, 2.05) is 31.2 Å². The van der Waals surface area contributed by atoms with Crippen molar-refractivity contribution >= 4 is 28.9 Å². The summed E-state index contributed by atoms with van der Waals surface area (Å²) >= 11 is 0. The fourth-order valence-corrected chi connectivity index (χ4v) is 2.77. The third-order valence-corrected chi connectivity index (χ3v) is 4.36. The molecule has 0 unspecified atom stereocenters. The Morgan fingerprint density at radius 3 is 2.13 bits per heavy atom. The summed E-state index contributed by atoms with van der Waals surface area (Å²) in [4.78, 5) is 24.6. The monoisotopic (exact) mass is 427 g/mol. The molecule has 0 spiro atoms. The van der Waals surface area contributed by atoms with Gasteiger partial charge in [0.05, 0.1) is 12.1 Å². The minimum atomic E-state index is -4.50. The number of nitrogens with one attached hydrogen (secondary N) is 3. The van der Waals surface area contributed by atoms with Gasteiger partial charge in [0.15, 0.2) is 0 Å². The number of alkyl halides is 3. The first kappa shape index (κ1) is 21.9. The van der Waals surface area contributed by atoms with E-state index in [0.717, 1.165) is 23.4 Å². The van der Waals surface area contributed by atoms with Gasteiger partial charge in [-0.3, -0.25) is 9.59 Å². The van der Waals surface area contributed by atoms with Gasteiger partial charge in [-0.05, 0) is 55.5 Å². The Kier molecular flexibility index (Phi) is 6.59. The first-order valence-electron chi connectivity index (χ1n) is 9.40. The van der Waals surface area contributed by atoms with Crippen molar-refractivity contribution in [1.29, 1.82) is 0 Å². The molecule has 3 N–H and O–H groups in total. The normalized spacial score (nSPS) is 11.0. The molecule has 31 heavy (non-hydrogen) atoms. The zero-order valence-corrected chi connectivity index (χ0v) is 16.6.